The molecule has 0 saturated heterocycles. The lowest BCUT2D eigenvalue weighted by Gasteiger charge is -2.10. The Morgan fingerprint density at radius 3 is 2.67 bits per heavy atom. The molecule has 0 radical (unpaired) electrons. The van der Waals surface area contributed by atoms with E-state index < -0.39 is 0 Å². The Labute approximate surface area is 86.1 Å². The van der Waals surface area contributed by atoms with Gasteiger partial charge in [0, 0.05) is 5.39 Å². The first-order valence-corrected chi connectivity index (χ1v) is 4.37. The predicted octanol–water partition coefficient (Wildman–Crippen LogP) is 2.32. The molecule has 0 N–H and O–H groups in total. The number of nitroso groups, excluding NO2 is 1. The summed E-state index contributed by atoms with van der Waals surface area (Å²) in [5, 5.41) is 15.4. The molecule has 0 unspecified atom stereocenters. The second-order valence-corrected chi connectivity index (χ2v) is 3.09. The van der Waals surface area contributed by atoms with Crippen LogP contribution in [0, 0.1) is 4.91 Å². The van der Waals surface area contributed by atoms with Gasteiger partial charge in [0.2, 0.25) is 0 Å². The Morgan fingerprint density at radius 1 is 1.27 bits per heavy atom. The Kier molecular flexibility index (Phi) is 2.25. The molecular formula is C11H8NO3-. The predicted molar refractivity (Wildman–Crippen MR) is 55.4 cm³/mol. The van der Waals surface area contributed by atoms with Crippen LogP contribution in [0.25, 0.3) is 10.8 Å². The molecule has 0 spiro atoms. The van der Waals surface area contributed by atoms with Gasteiger partial charge >= 0.3 is 0 Å². The molecular weight excluding hydrogens is 194 g/mol. The van der Waals surface area contributed by atoms with Gasteiger partial charge in [0.15, 0.2) is 0 Å². The van der Waals surface area contributed by atoms with E-state index in [4.69, 9.17) is 4.74 Å². The number of ether oxygens (including phenoxy) is 1. The van der Waals surface area contributed by atoms with Crippen molar-refractivity contribution in [3.8, 4) is 11.5 Å². The minimum absolute atomic E-state index is 0.0635. The van der Waals surface area contributed by atoms with Gasteiger partial charge in [-0.1, -0.05) is 23.9 Å². The molecule has 0 fully saturated rings. The molecule has 4 heteroatoms. The third-order valence-corrected chi connectivity index (χ3v) is 2.25. The van der Waals surface area contributed by atoms with Crippen molar-refractivity contribution >= 4 is 16.5 Å². The zero-order valence-electron chi connectivity index (χ0n) is 8.06. The van der Waals surface area contributed by atoms with E-state index in [9.17, 15) is 10.0 Å². The van der Waals surface area contributed by atoms with Crippen LogP contribution in [0.5, 0.6) is 11.5 Å². The average molecular weight is 202 g/mol. The molecule has 4 nitrogen and oxygen atoms in total. The van der Waals surface area contributed by atoms with Gasteiger partial charge in [-0.05, 0) is 22.7 Å². The number of benzene rings is 2. The highest BCUT2D eigenvalue weighted by Crippen LogP contribution is 2.34. The van der Waals surface area contributed by atoms with Crippen LogP contribution in [0.1, 0.15) is 0 Å². The van der Waals surface area contributed by atoms with Crippen LogP contribution in [0.3, 0.4) is 0 Å². The summed E-state index contributed by atoms with van der Waals surface area (Å²) in [6.07, 6.45) is 0. The van der Waals surface area contributed by atoms with Crippen LogP contribution in [-0.2, 0) is 0 Å². The van der Waals surface area contributed by atoms with Crippen molar-refractivity contribution in [3.63, 3.8) is 0 Å². The highest BCUT2D eigenvalue weighted by molar-refractivity contribution is 5.96. The van der Waals surface area contributed by atoms with Crippen molar-refractivity contribution < 1.29 is 9.84 Å². The first-order valence-electron chi connectivity index (χ1n) is 4.37. The SMILES string of the molecule is COc1ccc2ccc([O-])c(N=O)c2c1. The van der Waals surface area contributed by atoms with Gasteiger partial charge in [-0.3, -0.25) is 0 Å². The van der Waals surface area contributed by atoms with E-state index in [1.54, 1.807) is 24.3 Å². The number of methoxy groups -OCH3 is 1. The lowest BCUT2D eigenvalue weighted by molar-refractivity contribution is -0.267. The Balaban J connectivity index is 2.81. The number of nitrogens with zero attached hydrogens (tertiary/aromatic N) is 1. The quantitative estimate of drug-likeness (QED) is 0.702. The van der Waals surface area contributed by atoms with Crippen molar-refractivity contribution in [3.05, 3.63) is 35.2 Å². The number of fused-ring (bicyclic) bond motifs is 1. The van der Waals surface area contributed by atoms with Crippen LogP contribution in [0.4, 0.5) is 5.69 Å². The fraction of sp³-hybridized carbons (Fsp3) is 0.0909. The molecule has 0 atom stereocenters. The van der Waals surface area contributed by atoms with Crippen LogP contribution in [0.15, 0.2) is 35.5 Å². The number of hydrogen-bond acceptors (Lipinski definition) is 4. The molecule has 2 aromatic rings. The molecule has 0 saturated carbocycles. The fourth-order valence-electron chi connectivity index (χ4n) is 1.48. The molecule has 0 aliphatic rings. The molecule has 0 aliphatic heterocycles. The Morgan fingerprint density at radius 2 is 2.00 bits per heavy atom. The van der Waals surface area contributed by atoms with Crippen molar-refractivity contribution in [1.29, 1.82) is 0 Å². The molecule has 0 amide bonds. The summed E-state index contributed by atoms with van der Waals surface area (Å²) in [6.45, 7) is 0. The van der Waals surface area contributed by atoms with Gasteiger partial charge in [0.05, 0.1) is 7.11 Å². The van der Waals surface area contributed by atoms with Gasteiger partial charge in [0.25, 0.3) is 0 Å². The van der Waals surface area contributed by atoms with Gasteiger partial charge in [-0.2, -0.15) is 0 Å². The van der Waals surface area contributed by atoms with Crippen LogP contribution in [0.2, 0.25) is 0 Å². The summed E-state index contributed by atoms with van der Waals surface area (Å²) in [5.74, 6) is 0.226. The molecule has 76 valence electrons. The lowest BCUT2D eigenvalue weighted by Crippen LogP contribution is -1.90. The van der Waals surface area contributed by atoms with Gasteiger partial charge in [0.1, 0.15) is 11.4 Å². The van der Waals surface area contributed by atoms with E-state index in [0.717, 1.165) is 5.39 Å². The fourth-order valence-corrected chi connectivity index (χ4v) is 1.48. The third kappa shape index (κ3) is 1.50. The molecule has 2 rings (SSSR count). The maximum absolute atomic E-state index is 11.3. The third-order valence-electron chi connectivity index (χ3n) is 2.25. The molecule has 0 heterocycles. The summed E-state index contributed by atoms with van der Waals surface area (Å²) < 4.78 is 5.02. The normalized spacial score (nSPS) is 10.2. The largest absolute Gasteiger partial charge is 0.871 e. The van der Waals surface area contributed by atoms with Crippen LogP contribution in [-0.4, -0.2) is 7.11 Å². The first kappa shape index (κ1) is 9.45. The minimum atomic E-state index is -0.370. The maximum atomic E-state index is 11.3. The van der Waals surface area contributed by atoms with Crippen molar-refractivity contribution in [2.45, 2.75) is 0 Å². The summed E-state index contributed by atoms with van der Waals surface area (Å²) >= 11 is 0. The standard InChI is InChI=1S/C11H9NO3/c1-15-8-4-2-7-3-5-10(13)11(12-14)9(7)6-8/h2-6,13H,1H3/p-1. The highest BCUT2D eigenvalue weighted by Gasteiger charge is 2.03. The van der Waals surface area contributed by atoms with Gasteiger partial charge in [-0.25, -0.2) is 0 Å². The van der Waals surface area contributed by atoms with E-state index >= 15 is 0 Å². The zero-order chi connectivity index (χ0) is 10.8. The van der Waals surface area contributed by atoms with E-state index in [-0.39, 0.29) is 11.4 Å². The van der Waals surface area contributed by atoms with E-state index in [2.05, 4.69) is 5.18 Å². The van der Waals surface area contributed by atoms with E-state index in [1.807, 2.05) is 0 Å². The second-order valence-electron chi connectivity index (χ2n) is 3.09. The van der Waals surface area contributed by atoms with Crippen molar-refractivity contribution in [2.24, 2.45) is 5.18 Å². The summed E-state index contributed by atoms with van der Waals surface area (Å²) in [5.41, 5.74) is -0.0635. The first-order chi connectivity index (χ1) is 7.26. The zero-order valence-corrected chi connectivity index (χ0v) is 8.06. The summed E-state index contributed by atoms with van der Waals surface area (Å²) in [7, 11) is 1.52. The Hall–Kier alpha value is -2.10. The number of hydrogen-bond donors (Lipinski definition) is 0. The molecule has 2 aromatic carbocycles. The second kappa shape index (κ2) is 3.57. The topological polar surface area (TPSA) is 61.7 Å². The number of rotatable bonds is 2. The van der Waals surface area contributed by atoms with E-state index in [1.165, 1.54) is 13.2 Å². The smallest absolute Gasteiger partial charge is 0.119 e. The minimum Gasteiger partial charge on any atom is -0.871 e. The monoisotopic (exact) mass is 202 g/mol. The molecule has 0 bridgehead atoms. The molecule has 15 heavy (non-hydrogen) atoms. The highest BCUT2D eigenvalue weighted by atomic mass is 16.5. The van der Waals surface area contributed by atoms with E-state index in [0.29, 0.717) is 11.1 Å². The van der Waals surface area contributed by atoms with Gasteiger partial charge in [-0.15, -0.1) is 4.91 Å². The van der Waals surface area contributed by atoms with Crippen molar-refractivity contribution in [1.82, 2.24) is 0 Å². The summed E-state index contributed by atoms with van der Waals surface area (Å²) in [6, 6.07) is 8.18. The van der Waals surface area contributed by atoms with Crippen LogP contribution < -0.4 is 9.84 Å². The van der Waals surface area contributed by atoms with Crippen molar-refractivity contribution in [2.75, 3.05) is 7.11 Å². The maximum Gasteiger partial charge on any atom is 0.119 e. The average Bonchev–Trinajstić information content (AvgIpc) is 2.28. The molecule has 0 aromatic heterocycles. The molecule has 0 aliphatic carbocycles. The van der Waals surface area contributed by atoms with Gasteiger partial charge < -0.3 is 9.84 Å². The summed E-state index contributed by atoms with van der Waals surface area (Å²) in [4.78, 5) is 10.6. The van der Waals surface area contributed by atoms with Crippen LogP contribution >= 0.6 is 0 Å². The Bertz CT molecular complexity index is 522. The lowest BCUT2D eigenvalue weighted by atomic mass is 10.1.